The molecule has 2 N–H and O–H groups in total. The average molecular weight is 148 g/mol. The van der Waals surface area contributed by atoms with Crippen LogP contribution in [0.15, 0.2) is 0 Å². The van der Waals surface area contributed by atoms with Crippen molar-refractivity contribution in [1.82, 2.24) is 0 Å². The Balaban J connectivity index is -0.0000000133. The molecule has 0 fully saturated rings. The summed E-state index contributed by atoms with van der Waals surface area (Å²) in [4.78, 5) is 0. The molecule has 31 valence electrons. The molecule has 0 aliphatic heterocycles. The predicted octanol–water partition coefficient (Wildman–Crippen LogP) is 0.575. The molecule has 0 bridgehead atoms. The van der Waals surface area contributed by atoms with Crippen molar-refractivity contribution in [3.05, 3.63) is 14.0 Å². The molecule has 0 amide bonds. The Labute approximate surface area is 59.2 Å². The Morgan fingerprint density at radius 1 is 1.20 bits per heavy atom. The van der Waals surface area contributed by atoms with Crippen LogP contribution in [0, 0.1) is 14.0 Å². The molecule has 0 atom stereocenters. The number of hydrogen-bond acceptors (Lipinski definition) is 1. The summed E-state index contributed by atoms with van der Waals surface area (Å²) in [7, 11) is 2.75. The Hall–Kier alpha value is 1.06. The van der Waals surface area contributed by atoms with Crippen molar-refractivity contribution in [3.8, 4) is 0 Å². The smallest absolute Gasteiger partial charge is 0 e. The minimum atomic E-state index is 0. The van der Waals surface area contributed by atoms with E-state index in [9.17, 15) is 0 Å². The van der Waals surface area contributed by atoms with Crippen LogP contribution in [-0.4, -0.2) is 0 Å². The summed E-state index contributed by atoms with van der Waals surface area (Å²) in [6.07, 6.45) is 0. The average Bonchev–Trinajstić information content (AvgIpc) is 1.50. The Morgan fingerprint density at radius 2 is 1.20 bits per heavy atom. The number of hydrogen-bond donors (Lipinski definition) is 1. The van der Waals surface area contributed by atoms with Crippen molar-refractivity contribution in [2.45, 2.75) is 6.92 Å². The van der Waals surface area contributed by atoms with Crippen LogP contribution in [0.3, 0.4) is 0 Å². The molecular formula is C3H9NY-2. The van der Waals surface area contributed by atoms with Crippen LogP contribution in [0.4, 0.5) is 0 Å². The van der Waals surface area contributed by atoms with E-state index < -0.39 is 0 Å². The van der Waals surface area contributed by atoms with Gasteiger partial charge in [0.2, 0.25) is 0 Å². The second kappa shape index (κ2) is 73.9. The summed E-state index contributed by atoms with van der Waals surface area (Å²) >= 11 is 0. The first-order valence-electron chi connectivity index (χ1n) is 1.12. The summed E-state index contributed by atoms with van der Waals surface area (Å²) in [6, 6.07) is 0. The van der Waals surface area contributed by atoms with E-state index >= 15 is 0 Å². The SMILES string of the molecule is [CH2-]C.[CH2-]N.[Y]. The molecule has 0 unspecified atom stereocenters. The standard InChI is InChI=1S/C2H5.CH4N.Y/c2*1-2;/h1H2,2H3;1-2H2;/q2*-1;. The monoisotopic (exact) mass is 148 g/mol. The zero-order valence-electron chi connectivity index (χ0n) is 3.57. The second-order valence-corrected chi connectivity index (χ2v) is 0. The fraction of sp³-hybridized carbons (Fsp3) is 0.333. The van der Waals surface area contributed by atoms with Gasteiger partial charge in [-0.1, -0.05) is 0 Å². The summed E-state index contributed by atoms with van der Waals surface area (Å²) in [5, 5.41) is 0. The Morgan fingerprint density at radius 3 is 1.20 bits per heavy atom. The van der Waals surface area contributed by atoms with Gasteiger partial charge in [0.1, 0.15) is 0 Å². The Bertz CT molecular complexity index is 6.85. The molecule has 0 saturated carbocycles. The molecule has 0 rings (SSSR count). The third kappa shape index (κ3) is 42.0. The summed E-state index contributed by atoms with van der Waals surface area (Å²) in [5.41, 5.74) is 4.25. The van der Waals surface area contributed by atoms with Crippen LogP contribution in [0.5, 0.6) is 0 Å². The van der Waals surface area contributed by atoms with Gasteiger partial charge in [-0.3, -0.25) is 7.05 Å². The quantitative estimate of drug-likeness (QED) is 0.499. The van der Waals surface area contributed by atoms with Crippen LogP contribution >= 0.6 is 0 Å². The van der Waals surface area contributed by atoms with Crippen LogP contribution in [-0.2, 0) is 32.7 Å². The van der Waals surface area contributed by atoms with Crippen molar-refractivity contribution in [2.75, 3.05) is 0 Å². The van der Waals surface area contributed by atoms with E-state index in [1.54, 1.807) is 6.92 Å². The third-order valence-corrected chi connectivity index (χ3v) is 0. The van der Waals surface area contributed by atoms with E-state index in [-0.39, 0.29) is 32.7 Å². The zero-order chi connectivity index (χ0) is 4.00. The Kier molecular flexibility index (Phi) is 245. The van der Waals surface area contributed by atoms with Gasteiger partial charge >= 0.3 is 0 Å². The van der Waals surface area contributed by atoms with E-state index in [1.165, 1.54) is 0 Å². The summed E-state index contributed by atoms with van der Waals surface area (Å²) in [6.45, 7) is 5.00. The molecule has 0 aliphatic rings. The van der Waals surface area contributed by atoms with E-state index in [0.29, 0.717) is 0 Å². The van der Waals surface area contributed by atoms with Gasteiger partial charge in [0, 0.05) is 32.7 Å². The van der Waals surface area contributed by atoms with E-state index in [0.717, 1.165) is 0 Å². The molecule has 0 heterocycles. The molecular weight excluding hydrogens is 139 g/mol. The fourth-order valence-corrected chi connectivity index (χ4v) is 0. The van der Waals surface area contributed by atoms with E-state index in [1.807, 2.05) is 0 Å². The fourth-order valence-electron chi connectivity index (χ4n) is 0. The molecule has 0 aromatic rings. The number of nitrogens with two attached hydrogens (primary N) is 1. The molecule has 0 saturated heterocycles. The first-order valence-corrected chi connectivity index (χ1v) is 1.12. The second-order valence-electron chi connectivity index (χ2n) is 0. The van der Waals surface area contributed by atoms with Crippen molar-refractivity contribution in [2.24, 2.45) is 5.73 Å². The van der Waals surface area contributed by atoms with Gasteiger partial charge < -0.3 is 12.7 Å². The molecule has 0 spiro atoms. The predicted molar refractivity (Wildman–Crippen MR) is 20.6 cm³/mol. The molecule has 0 aromatic carbocycles. The van der Waals surface area contributed by atoms with Crippen LogP contribution in [0.2, 0.25) is 0 Å². The van der Waals surface area contributed by atoms with E-state index in [2.05, 4.69) is 19.7 Å². The third-order valence-electron chi connectivity index (χ3n) is 0. The van der Waals surface area contributed by atoms with Crippen molar-refractivity contribution < 1.29 is 32.7 Å². The topological polar surface area (TPSA) is 26.0 Å². The van der Waals surface area contributed by atoms with E-state index in [4.69, 9.17) is 0 Å². The molecule has 1 radical (unpaired) electrons. The maximum absolute atomic E-state index is 4.25. The van der Waals surface area contributed by atoms with Gasteiger partial charge in [-0.05, 0) is 0 Å². The van der Waals surface area contributed by atoms with Crippen LogP contribution in [0.25, 0.3) is 0 Å². The maximum Gasteiger partial charge on any atom is 0 e. The van der Waals surface area contributed by atoms with Gasteiger partial charge in [0.25, 0.3) is 0 Å². The normalized spacial score (nSPS) is 2.40. The van der Waals surface area contributed by atoms with Crippen molar-refractivity contribution in [3.63, 3.8) is 0 Å². The summed E-state index contributed by atoms with van der Waals surface area (Å²) in [5.74, 6) is 0. The zero-order valence-corrected chi connectivity index (χ0v) is 6.41. The molecule has 0 aromatic heterocycles. The van der Waals surface area contributed by atoms with Crippen molar-refractivity contribution in [1.29, 1.82) is 0 Å². The molecule has 1 nitrogen and oxygen atoms in total. The molecule has 5 heavy (non-hydrogen) atoms. The van der Waals surface area contributed by atoms with Gasteiger partial charge in [-0.15, -0.1) is 0 Å². The molecule has 0 aliphatic carbocycles. The molecule has 2 heteroatoms. The van der Waals surface area contributed by atoms with Crippen molar-refractivity contribution >= 4 is 0 Å². The maximum atomic E-state index is 4.25. The van der Waals surface area contributed by atoms with Gasteiger partial charge in [0.05, 0.1) is 0 Å². The van der Waals surface area contributed by atoms with Gasteiger partial charge in [-0.25, -0.2) is 0 Å². The largest absolute Gasteiger partial charge is 0.486 e. The first kappa shape index (κ1) is 16.6. The minimum absolute atomic E-state index is 0. The van der Waals surface area contributed by atoms with Crippen LogP contribution in [0.1, 0.15) is 6.92 Å². The summed E-state index contributed by atoms with van der Waals surface area (Å²) < 4.78 is 0. The number of rotatable bonds is 0. The minimum Gasteiger partial charge on any atom is -0.486 e. The van der Waals surface area contributed by atoms with Gasteiger partial charge in [-0.2, -0.15) is 6.92 Å². The van der Waals surface area contributed by atoms with Crippen LogP contribution < -0.4 is 5.73 Å². The van der Waals surface area contributed by atoms with Gasteiger partial charge in [0.15, 0.2) is 0 Å². The first-order chi connectivity index (χ1) is 2.00.